The first-order valence-electron chi connectivity index (χ1n) is 12.4. The van der Waals surface area contributed by atoms with Gasteiger partial charge in [-0.1, -0.05) is 42.5 Å². The molecular weight excluding hydrogens is 532 g/mol. The number of carbonyl (C=O) groups excluding carboxylic acids is 3. The molecular formula is C31H26O10. The van der Waals surface area contributed by atoms with Gasteiger partial charge < -0.3 is 34.6 Å². The van der Waals surface area contributed by atoms with Crippen LogP contribution in [-0.2, 0) is 14.3 Å². The van der Waals surface area contributed by atoms with E-state index in [9.17, 15) is 34.8 Å². The number of phenols is 4. The minimum absolute atomic E-state index is 0.0906. The molecule has 10 heteroatoms. The topological polar surface area (TPSA) is 160 Å². The van der Waals surface area contributed by atoms with Gasteiger partial charge in [0.2, 0.25) is 0 Å². The van der Waals surface area contributed by atoms with Crippen LogP contribution in [0.5, 0.6) is 34.5 Å². The van der Waals surface area contributed by atoms with Gasteiger partial charge in [0.1, 0.15) is 17.6 Å². The van der Waals surface area contributed by atoms with Crippen LogP contribution in [0.2, 0.25) is 0 Å². The van der Waals surface area contributed by atoms with E-state index in [1.54, 1.807) is 18.2 Å². The highest BCUT2D eigenvalue weighted by Crippen LogP contribution is 2.56. The zero-order valence-electron chi connectivity index (χ0n) is 22.0. The predicted molar refractivity (Wildman–Crippen MR) is 147 cm³/mol. The molecule has 0 saturated heterocycles. The maximum absolute atomic E-state index is 13.1. The highest BCUT2D eigenvalue weighted by molar-refractivity contribution is 5.98. The normalized spacial score (nSPS) is 11.4. The van der Waals surface area contributed by atoms with Crippen LogP contribution in [0.25, 0.3) is 22.3 Å². The average Bonchev–Trinajstić information content (AvgIpc) is 2.93. The minimum Gasteiger partial charge on any atom is -0.508 e. The summed E-state index contributed by atoms with van der Waals surface area (Å²) < 4.78 is 16.1. The lowest BCUT2D eigenvalue weighted by Gasteiger charge is -2.21. The SMILES string of the molecule is CC(=O)O[C@H](C)CC(=O)Oc1c(O)c(-c2ccc(O)cc2)c(OC(=O)c2ccccc2)c(O)c1-c1ccc(O)cc1. The summed E-state index contributed by atoms with van der Waals surface area (Å²) in [6.45, 7) is 2.67. The number of esters is 3. The summed E-state index contributed by atoms with van der Waals surface area (Å²) >= 11 is 0. The summed E-state index contributed by atoms with van der Waals surface area (Å²) in [6.07, 6.45) is -1.23. The van der Waals surface area contributed by atoms with Gasteiger partial charge in [-0.3, -0.25) is 9.59 Å². The number of hydrogen-bond donors (Lipinski definition) is 4. The van der Waals surface area contributed by atoms with E-state index in [2.05, 4.69) is 0 Å². The molecule has 10 nitrogen and oxygen atoms in total. The molecule has 0 aromatic heterocycles. The molecule has 4 aromatic rings. The quantitative estimate of drug-likeness (QED) is 0.127. The summed E-state index contributed by atoms with van der Waals surface area (Å²) in [4.78, 5) is 37.2. The number of aromatic hydroxyl groups is 4. The fraction of sp³-hybridized carbons (Fsp3) is 0.129. The monoisotopic (exact) mass is 558 g/mol. The van der Waals surface area contributed by atoms with Gasteiger partial charge in [0.25, 0.3) is 0 Å². The number of rotatable bonds is 8. The Balaban J connectivity index is 1.94. The molecule has 1 atom stereocenters. The molecule has 0 heterocycles. The minimum atomic E-state index is -0.904. The number of ether oxygens (including phenoxy) is 3. The Hall–Kier alpha value is -5.51. The first-order chi connectivity index (χ1) is 19.5. The Bertz CT molecular complexity index is 1580. The molecule has 0 aliphatic carbocycles. The second-order valence-electron chi connectivity index (χ2n) is 9.05. The van der Waals surface area contributed by atoms with Gasteiger partial charge in [0.05, 0.1) is 23.1 Å². The lowest BCUT2D eigenvalue weighted by molar-refractivity contribution is -0.148. The van der Waals surface area contributed by atoms with E-state index in [1.165, 1.54) is 74.5 Å². The second kappa shape index (κ2) is 12.1. The van der Waals surface area contributed by atoms with Crippen LogP contribution in [-0.4, -0.2) is 44.4 Å². The zero-order chi connectivity index (χ0) is 29.7. The van der Waals surface area contributed by atoms with Gasteiger partial charge in [-0.25, -0.2) is 4.79 Å². The van der Waals surface area contributed by atoms with Crippen molar-refractivity contribution in [3.05, 3.63) is 84.4 Å². The molecule has 210 valence electrons. The van der Waals surface area contributed by atoms with E-state index in [4.69, 9.17) is 14.2 Å². The molecule has 0 amide bonds. The van der Waals surface area contributed by atoms with Crippen LogP contribution in [0.4, 0.5) is 0 Å². The number of carbonyl (C=O) groups is 3. The molecule has 0 spiro atoms. The number of phenolic OH excluding ortho intramolecular Hbond substituents is 4. The first-order valence-corrected chi connectivity index (χ1v) is 12.4. The highest BCUT2D eigenvalue weighted by atomic mass is 16.6. The van der Waals surface area contributed by atoms with E-state index >= 15 is 0 Å². The van der Waals surface area contributed by atoms with Crippen molar-refractivity contribution in [2.75, 3.05) is 0 Å². The van der Waals surface area contributed by atoms with Crippen molar-refractivity contribution in [2.45, 2.75) is 26.4 Å². The van der Waals surface area contributed by atoms with Gasteiger partial charge in [-0.2, -0.15) is 0 Å². The fourth-order valence-electron chi connectivity index (χ4n) is 4.11. The molecule has 0 aliphatic rings. The Morgan fingerprint density at radius 1 is 0.683 bits per heavy atom. The third-order valence-electron chi connectivity index (χ3n) is 5.91. The van der Waals surface area contributed by atoms with Crippen molar-refractivity contribution in [1.29, 1.82) is 0 Å². The van der Waals surface area contributed by atoms with Gasteiger partial charge >= 0.3 is 17.9 Å². The molecule has 41 heavy (non-hydrogen) atoms. The van der Waals surface area contributed by atoms with Gasteiger partial charge in [0, 0.05) is 6.92 Å². The lowest BCUT2D eigenvalue weighted by atomic mass is 9.95. The molecule has 0 unspecified atom stereocenters. The van der Waals surface area contributed by atoms with Gasteiger partial charge in [-0.15, -0.1) is 0 Å². The standard InChI is InChI=1S/C31H26O10/c1-17(39-18(2)32)16-24(35)40-29-25(19-8-12-22(33)13-9-19)28(37)30(41-31(38)21-6-4-3-5-7-21)26(27(29)36)20-10-14-23(34)15-11-20/h3-15,17,33-34,36-37H,16H2,1-2H3/t17-/m1/s1. The zero-order valence-corrected chi connectivity index (χ0v) is 22.0. The van der Waals surface area contributed by atoms with Crippen LogP contribution in [0.1, 0.15) is 30.6 Å². The first kappa shape index (κ1) is 28.5. The lowest BCUT2D eigenvalue weighted by Crippen LogP contribution is -2.20. The van der Waals surface area contributed by atoms with Crippen molar-refractivity contribution in [3.63, 3.8) is 0 Å². The van der Waals surface area contributed by atoms with Gasteiger partial charge in [-0.05, 0) is 54.4 Å². The Morgan fingerprint density at radius 2 is 1.15 bits per heavy atom. The highest BCUT2D eigenvalue weighted by Gasteiger charge is 2.31. The largest absolute Gasteiger partial charge is 0.508 e. The van der Waals surface area contributed by atoms with E-state index in [0.717, 1.165) is 0 Å². The Labute approximate surface area is 234 Å². The maximum Gasteiger partial charge on any atom is 0.343 e. The molecule has 4 N–H and O–H groups in total. The van der Waals surface area contributed by atoms with E-state index in [0.29, 0.717) is 0 Å². The molecule has 0 radical (unpaired) electrons. The van der Waals surface area contributed by atoms with Crippen LogP contribution in [0.15, 0.2) is 78.9 Å². The van der Waals surface area contributed by atoms with Crippen molar-refractivity contribution < 1.29 is 49.0 Å². The van der Waals surface area contributed by atoms with Crippen molar-refractivity contribution in [1.82, 2.24) is 0 Å². The van der Waals surface area contributed by atoms with Crippen LogP contribution in [0.3, 0.4) is 0 Å². The number of benzene rings is 4. The van der Waals surface area contributed by atoms with E-state index < -0.39 is 47.0 Å². The Kier molecular flexibility index (Phi) is 8.43. The second-order valence-corrected chi connectivity index (χ2v) is 9.05. The maximum atomic E-state index is 13.1. The molecule has 0 fully saturated rings. The average molecular weight is 559 g/mol. The van der Waals surface area contributed by atoms with Crippen LogP contribution < -0.4 is 9.47 Å². The van der Waals surface area contributed by atoms with Crippen molar-refractivity contribution in [3.8, 4) is 56.8 Å². The third-order valence-corrected chi connectivity index (χ3v) is 5.91. The van der Waals surface area contributed by atoms with Crippen molar-refractivity contribution >= 4 is 17.9 Å². The summed E-state index contributed by atoms with van der Waals surface area (Å²) in [7, 11) is 0. The van der Waals surface area contributed by atoms with Gasteiger partial charge in [0.15, 0.2) is 23.0 Å². The molecule has 4 aromatic carbocycles. The van der Waals surface area contributed by atoms with E-state index in [1.807, 2.05) is 0 Å². The molecule has 0 aliphatic heterocycles. The summed E-state index contributed by atoms with van der Waals surface area (Å²) in [5, 5.41) is 42.7. The van der Waals surface area contributed by atoms with Crippen LogP contribution >= 0.6 is 0 Å². The third kappa shape index (κ3) is 6.56. The Morgan fingerprint density at radius 3 is 1.61 bits per heavy atom. The molecule has 0 saturated carbocycles. The molecule has 4 rings (SSSR count). The summed E-state index contributed by atoms with van der Waals surface area (Å²) in [5.74, 6) is -4.78. The summed E-state index contributed by atoms with van der Waals surface area (Å²) in [5.41, 5.74) is 0.138. The fourth-order valence-corrected chi connectivity index (χ4v) is 4.11. The summed E-state index contributed by atoms with van der Waals surface area (Å²) in [6, 6.07) is 18.8. The van der Waals surface area contributed by atoms with Crippen LogP contribution in [0, 0.1) is 0 Å². The smallest absolute Gasteiger partial charge is 0.343 e. The number of hydrogen-bond acceptors (Lipinski definition) is 10. The molecule has 0 bridgehead atoms. The van der Waals surface area contributed by atoms with Crippen molar-refractivity contribution in [2.24, 2.45) is 0 Å². The predicted octanol–water partition coefficient (Wildman–Crippen LogP) is 5.31. The van der Waals surface area contributed by atoms with E-state index in [-0.39, 0.29) is 45.7 Å².